The number of aryl methyl sites for hydroxylation is 2. The minimum Gasteiger partial charge on any atom is -0.414 e. The average molecular weight is 681 g/mol. The van der Waals surface area contributed by atoms with Crippen molar-refractivity contribution in [3.8, 4) is 11.5 Å². The Labute approximate surface area is 278 Å². The summed E-state index contributed by atoms with van der Waals surface area (Å²) in [5.74, 6) is 0.631. The first-order chi connectivity index (χ1) is 22.4. The summed E-state index contributed by atoms with van der Waals surface area (Å²) in [5.41, 5.74) is 9.37. The summed E-state index contributed by atoms with van der Waals surface area (Å²) in [6, 6.07) is 10.2. The summed E-state index contributed by atoms with van der Waals surface area (Å²) in [7, 11) is -5.79. The number of benzene rings is 1. The number of nitrogens with zero attached hydrogens (tertiary/aromatic N) is 7. The van der Waals surface area contributed by atoms with Gasteiger partial charge in [0.1, 0.15) is 30.3 Å². The van der Waals surface area contributed by atoms with Gasteiger partial charge in [-0.25, -0.2) is 15.0 Å². The smallest absolute Gasteiger partial charge is 0.335 e. The van der Waals surface area contributed by atoms with E-state index in [1.807, 2.05) is 24.4 Å². The van der Waals surface area contributed by atoms with Crippen LogP contribution in [0.3, 0.4) is 0 Å². The van der Waals surface area contributed by atoms with E-state index in [1.165, 1.54) is 11.9 Å². The minimum atomic E-state index is -3.00. The second-order valence-corrected chi connectivity index (χ2v) is 22.8. The molecule has 15 heteroatoms. The summed E-state index contributed by atoms with van der Waals surface area (Å²) < 4.78 is 31.7. The zero-order chi connectivity index (χ0) is 33.7. The number of imidazole rings is 1. The van der Waals surface area contributed by atoms with Gasteiger partial charge in [-0.1, -0.05) is 90.9 Å². The molecule has 3 aromatic heterocycles. The van der Waals surface area contributed by atoms with Gasteiger partial charge in [-0.3, -0.25) is 9.25 Å². The Hall–Kier alpha value is -3.06. The van der Waals surface area contributed by atoms with Crippen molar-refractivity contribution in [2.45, 2.75) is 115 Å². The number of nitrogens with two attached hydrogens (primary N) is 1. The highest BCUT2D eigenvalue weighted by molar-refractivity contribution is 6.84. The Morgan fingerprint density at radius 3 is 2.30 bits per heavy atom. The Morgan fingerprint density at radius 2 is 1.64 bits per heavy atom. The lowest BCUT2D eigenvalue weighted by atomic mass is 10.1. The summed E-state index contributed by atoms with van der Waals surface area (Å²) in [5, 5.41) is 21.0. The summed E-state index contributed by atoms with van der Waals surface area (Å²) in [6.45, 7) is 18.2. The molecule has 0 spiro atoms. The minimum absolute atomic E-state index is 0.101. The van der Waals surface area contributed by atoms with Gasteiger partial charge in [-0.15, -0.1) is 5.10 Å². The Kier molecular flexibility index (Phi) is 9.43. The van der Waals surface area contributed by atoms with Crippen molar-refractivity contribution < 1.29 is 22.8 Å². The highest BCUT2D eigenvalue weighted by Gasteiger charge is 2.62. The number of ether oxygens (including phenoxy) is 1. The van der Waals surface area contributed by atoms with Gasteiger partial charge >= 0.3 is 17.1 Å². The Morgan fingerprint density at radius 1 is 0.957 bits per heavy atom. The van der Waals surface area contributed by atoms with Crippen LogP contribution in [-0.2, 0) is 30.7 Å². The molecule has 254 valence electrons. The van der Waals surface area contributed by atoms with E-state index in [2.05, 4.69) is 87.8 Å². The fourth-order valence-corrected chi connectivity index (χ4v) is 18.3. The van der Waals surface area contributed by atoms with Crippen LogP contribution < -0.4 is 5.73 Å². The van der Waals surface area contributed by atoms with Crippen LogP contribution in [0.4, 0.5) is 5.82 Å². The third-order valence-corrected chi connectivity index (χ3v) is 19.9. The third-order valence-electron chi connectivity index (χ3n) is 9.64. The van der Waals surface area contributed by atoms with Gasteiger partial charge in [-0.05, 0) is 34.1 Å². The molecule has 13 nitrogen and oxygen atoms in total. The van der Waals surface area contributed by atoms with Crippen LogP contribution >= 0.6 is 0 Å². The SMILES string of the molecule is CC(C)[Si]1(C(C)C)OC[C@H]2O[C@@H](n3c(-c4cn(CCc5ccccc5)nn4)nc4c(N)ncnc43)[C@H](O)[C@@H]2O[Si](C(C)C)(C(C)C)O1. The molecule has 3 N–H and O–H groups in total. The first-order valence-corrected chi connectivity index (χ1v) is 20.6. The number of hydrogen-bond donors (Lipinski definition) is 2. The molecule has 1 aromatic carbocycles. The first-order valence-electron chi connectivity index (χ1n) is 16.7. The number of nitrogen functional groups attached to an aromatic ring is 1. The molecule has 0 amide bonds. The maximum absolute atomic E-state index is 12.1. The first kappa shape index (κ1) is 33.8. The normalized spacial score (nSPS) is 24.4. The predicted molar refractivity (Wildman–Crippen MR) is 183 cm³/mol. The molecule has 0 saturated carbocycles. The molecule has 2 aliphatic heterocycles. The van der Waals surface area contributed by atoms with Crippen molar-refractivity contribution in [2.24, 2.45) is 0 Å². The number of aliphatic hydroxyl groups excluding tert-OH is 1. The molecule has 4 atom stereocenters. The van der Waals surface area contributed by atoms with Gasteiger partial charge in [0.15, 0.2) is 29.0 Å². The van der Waals surface area contributed by atoms with E-state index in [4.69, 9.17) is 28.4 Å². The summed E-state index contributed by atoms with van der Waals surface area (Å²) in [4.78, 5) is 13.5. The molecular formula is C32H48N8O5Si2. The number of aromatic nitrogens is 7. The Balaban J connectivity index is 1.40. The monoisotopic (exact) mass is 680 g/mol. The average Bonchev–Trinajstić information content (AvgIpc) is 3.72. The lowest BCUT2D eigenvalue weighted by molar-refractivity contribution is -0.0564. The fourth-order valence-electron chi connectivity index (χ4n) is 7.10. The lowest BCUT2D eigenvalue weighted by Crippen LogP contribution is -2.65. The van der Waals surface area contributed by atoms with Gasteiger partial charge < -0.3 is 28.5 Å². The molecule has 0 radical (unpaired) electrons. The lowest BCUT2D eigenvalue weighted by Gasteiger charge is -2.51. The second-order valence-electron chi connectivity index (χ2n) is 14.0. The second kappa shape index (κ2) is 13.1. The van der Waals surface area contributed by atoms with Gasteiger partial charge in [0.2, 0.25) is 0 Å². The topological polar surface area (TPSA) is 157 Å². The van der Waals surface area contributed by atoms with E-state index in [-0.39, 0.29) is 34.6 Å². The van der Waals surface area contributed by atoms with Gasteiger partial charge in [-0.2, -0.15) is 0 Å². The van der Waals surface area contributed by atoms with Gasteiger partial charge in [0.05, 0.1) is 12.8 Å². The largest absolute Gasteiger partial charge is 0.414 e. The van der Waals surface area contributed by atoms with E-state index in [0.29, 0.717) is 29.2 Å². The number of rotatable bonds is 9. The molecule has 5 heterocycles. The van der Waals surface area contributed by atoms with Crippen molar-refractivity contribution in [1.82, 2.24) is 34.5 Å². The molecule has 47 heavy (non-hydrogen) atoms. The van der Waals surface area contributed by atoms with E-state index in [0.717, 1.165) is 6.42 Å². The summed E-state index contributed by atoms with van der Waals surface area (Å²) in [6.07, 6.45) is 0.741. The number of anilines is 1. The number of aliphatic hydroxyl groups is 1. The molecule has 0 unspecified atom stereocenters. The molecule has 2 fully saturated rings. The maximum atomic E-state index is 12.1. The van der Waals surface area contributed by atoms with Crippen LogP contribution in [0.1, 0.15) is 67.2 Å². The molecule has 0 aliphatic carbocycles. The van der Waals surface area contributed by atoms with E-state index < -0.39 is 41.7 Å². The van der Waals surface area contributed by atoms with Crippen LogP contribution in [0, 0.1) is 0 Å². The highest BCUT2D eigenvalue weighted by Crippen LogP contribution is 2.49. The number of hydrogen-bond acceptors (Lipinski definition) is 11. The van der Waals surface area contributed by atoms with Crippen LogP contribution in [0.2, 0.25) is 22.2 Å². The predicted octanol–water partition coefficient (Wildman–Crippen LogP) is 5.12. The van der Waals surface area contributed by atoms with Crippen LogP contribution in [-0.4, -0.2) is 81.7 Å². The van der Waals surface area contributed by atoms with Crippen LogP contribution in [0.5, 0.6) is 0 Å². The van der Waals surface area contributed by atoms with Crippen LogP contribution in [0.15, 0.2) is 42.9 Å². The molecule has 0 bridgehead atoms. The van der Waals surface area contributed by atoms with Crippen molar-refractivity contribution >= 4 is 34.1 Å². The van der Waals surface area contributed by atoms with Crippen LogP contribution in [0.25, 0.3) is 22.7 Å². The molecule has 2 saturated heterocycles. The van der Waals surface area contributed by atoms with E-state index >= 15 is 0 Å². The number of fused-ring (bicyclic) bond motifs is 2. The quantitative estimate of drug-likeness (QED) is 0.226. The standard InChI is InChI=1S/C32H48N8O5Si2/c1-19(2)46(20(3)4)42-17-25-28(44-47(45-46,21(5)6)22(7)8)27(41)32(43-25)40-30(36-26-29(33)34-18-35-31(26)40)24-16-39(38-37-24)15-14-23-12-10-9-11-13-23/h9-13,16,18-22,25,27-28,32,41H,14-15,17H2,1-8H3,(H2,33,34,35)/t25-,27-,28-,32-/m1/s1. The molecular weight excluding hydrogens is 633 g/mol. The zero-order valence-corrected chi connectivity index (χ0v) is 30.6. The fraction of sp³-hybridized carbons (Fsp3) is 0.594. The Bertz CT molecular complexity index is 1660. The van der Waals surface area contributed by atoms with E-state index in [9.17, 15) is 5.11 Å². The molecule has 2 aliphatic rings. The highest BCUT2D eigenvalue weighted by atomic mass is 28.5. The van der Waals surface area contributed by atoms with Crippen molar-refractivity contribution in [1.29, 1.82) is 0 Å². The van der Waals surface area contributed by atoms with Gasteiger partial charge in [0.25, 0.3) is 0 Å². The van der Waals surface area contributed by atoms with Crippen molar-refractivity contribution in [3.05, 3.63) is 48.4 Å². The maximum Gasteiger partial charge on any atom is 0.335 e. The van der Waals surface area contributed by atoms with Crippen molar-refractivity contribution in [2.75, 3.05) is 12.3 Å². The molecule has 4 aromatic rings. The van der Waals surface area contributed by atoms with Crippen molar-refractivity contribution in [3.63, 3.8) is 0 Å². The third kappa shape index (κ3) is 5.96. The zero-order valence-electron chi connectivity index (χ0n) is 28.6. The van der Waals surface area contributed by atoms with Gasteiger partial charge in [0, 0.05) is 6.54 Å². The molecule has 6 rings (SSSR count). The van der Waals surface area contributed by atoms with E-state index in [1.54, 1.807) is 9.25 Å². The summed E-state index contributed by atoms with van der Waals surface area (Å²) >= 11 is 0.